The van der Waals surface area contributed by atoms with Gasteiger partial charge in [-0.15, -0.1) is 0 Å². The molecule has 0 fully saturated rings. The zero-order valence-electron chi connectivity index (χ0n) is 13.5. The number of hydrogen-bond acceptors (Lipinski definition) is 4. The molecule has 2 aromatic carbocycles. The predicted molar refractivity (Wildman–Crippen MR) is 87.2 cm³/mol. The number of halogens is 3. The number of nitrogens with one attached hydrogen (secondary N) is 1. The fourth-order valence-corrected chi connectivity index (χ4v) is 2.26. The average Bonchev–Trinajstić information content (AvgIpc) is 3.11. The third kappa shape index (κ3) is 4.27. The molecule has 0 aliphatic rings. The molecule has 1 heterocycles. The molecule has 0 aliphatic heterocycles. The summed E-state index contributed by atoms with van der Waals surface area (Å²) in [6.45, 7) is 0.219. The number of aromatic nitrogens is 2. The Balaban J connectivity index is 1.53. The maximum atomic E-state index is 12.5. The molecule has 1 amide bonds. The van der Waals surface area contributed by atoms with Crippen molar-refractivity contribution in [3.63, 3.8) is 0 Å². The third-order valence-corrected chi connectivity index (χ3v) is 3.60. The van der Waals surface area contributed by atoms with Gasteiger partial charge in [0.15, 0.2) is 0 Å². The first-order valence-corrected chi connectivity index (χ1v) is 7.77. The predicted octanol–water partition coefficient (Wildman–Crippen LogP) is 3.73. The third-order valence-electron chi connectivity index (χ3n) is 3.60. The summed E-state index contributed by atoms with van der Waals surface area (Å²) in [5, 5.41) is 6.48. The van der Waals surface area contributed by atoms with Crippen LogP contribution < -0.4 is 5.32 Å². The highest BCUT2D eigenvalue weighted by molar-refractivity contribution is 5.94. The van der Waals surface area contributed by atoms with Crippen LogP contribution in [-0.4, -0.2) is 22.6 Å². The van der Waals surface area contributed by atoms with Gasteiger partial charge in [0.1, 0.15) is 0 Å². The monoisotopic (exact) mass is 361 g/mol. The molecule has 134 valence electrons. The van der Waals surface area contributed by atoms with Crippen molar-refractivity contribution in [3.8, 4) is 11.4 Å². The summed E-state index contributed by atoms with van der Waals surface area (Å²) in [6.07, 6.45) is -4.12. The van der Waals surface area contributed by atoms with Gasteiger partial charge in [-0.1, -0.05) is 35.5 Å². The van der Waals surface area contributed by atoms with E-state index in [1.54, 1.807) is 0 Å². The van der Waals surface area contributed by atoms with Crippen molar-refractivity contribution < 1.29 is 22.5 Å². The SMILES string of the molecule is O=C(NCCc1nc(-c2ccccc2)no1)c1ccc(C(F)(F)F)cc1. The number of amides is 1. The van der Waals surface area contributed by atoms with Crippen LogP contribution >= 0.6 is 0 Å². The van der Waals surface area contributed by atoms with Gasteiger partial charge in [0, 0.05) is 24.1 Å². The molecule has 0 spiro atoms. The van der Waals surface area contributed by atoms with Crippen molar-refractivity contribution in [1.82, 2.24) is 15.5 Å². The maximum Gasteiger partial charge on any atom is 0.416 e. The van der Waals surface area contributed by atoms with Crippen LogP contribution in [0.25, 0.3) is 11.4 Å². The smallest absolute Gasteiger partial charge is 0.352 e. The summed E-state index contributed by atoms with van der Waals surface area (Å²) in [5.74, 6) is 0.341. The highest BCUT2D eigenvalue weighted by Gasteiger charge is 2.30. The lowest BCUT2D eigenvalue weighted by Crippen LogP contribution is -2.25. The van der Waals surface area contributed by atoms with Gasteiger partial charge in [0.25, 0.3) is 5.91 Å². The number of carbonyl (C=O) groups excluding carboxylic acids is 1. The van der Waals surface area contributed by atoms with E-state index in [1.165, 1.54) is 0 Å². The average molecular weight is 361 g/mol. The second-order valence-corrected chi connectivity index (χ2v) is 5.46. The van der Waals surface area contributed by atoms with Crippen LogP contribution in [-0.2, 0) is 12.6 Å². The second-order valence-electron chi connectivity index (χ2n) is 5.46. The molecule has 5 nitrogen and oxygen atoms in total. The largest absolute Gasteiger partial charge is 0.416 e. The Hall–Kier alpha value is -3.16. The minimum Gasteiger partial charge on any atom is -0.352 e. The van der Waals surface area contributed by atoms with E-state index < -0.39 is 17.6 Å². The Kier molecular flexibility index (Phi) is 5.01. The lowest BCUT2D eigenvalue weighted by atomic mass is 10.1. The Morgan fingerprint density at radius 1 is 1.04 bits per heavy atom. The molecule has 0 bridgehead atoms. The van der Waals surface area contributed by atoms with Gasteiger partial charge < -0.3 is 9.84 Å². The normalized spacial score (nSPS) is 11.3. The van der Waals surface area contributed by atoms with Crippen molar-refractivity contribution in [2.75, 3.05) is 6.54 Å². The summed E-state index contributed by atoms with van der Waals surface area (Å²) >= 11 is 0. The van der Waals surface area contributed by atoms with Crippen LogP contribution in [0.15, 0.2) is 59.1 Å². The first-order valence-electron chi connectivity index (χ1n) is 7.77. The van der Waals surface area contributed by atoms with Crippen molar-refractivity contribution in [2.45, 2.75) is 12.6 Å². The molecule has 1 aromatic heterocycles. The fraction of sp³-hybridized carbons (Fsp3) is 0.167. The molecule has 3 aromatic rings. The van der Waals surface area contributed by atoms with Gasteiger partial charge in [-0.05, 0) is 24.3 Å². The van der Waals surface area contributed by atoms with Crippen molar-refractivity contribution in [3.05, 3.63) is 71.6 Å². The maximum absolute atomic E-state index is 12.5. The molecule has 0 unspecified atom stereocenters. The summed E-state index contributed by atoms with van der Waals surface area (Å²) < 4.78 is 42.7. The quantitative estimate of drug-likeness (QED) is 0.752. The highest BCUT2D eigenvalue weighted by Crippen LogP contribution is 2.29. The zero-order valence-corrected chi connectivity index (χ0v) is 13.5. The summed E-state index contributed by atoms with van der Waals surface area (Å²) in [6, 6.07) is 13.3. The number of rotatable bonds is 5. The number of nitrogens with zero attached hydrogens (tertiary/aromatic N) is 2. The Morgan fingerprint density at radius 2 is 1.73 bits per heavy atom. The zero-order chi connectivity index (χ0) is 18.6. The first kappa shape index (κ1) is 17.7. The Bertz CT molecular complexity index is 875. The van der Waals surface area contributed by atoms with E-state index in [0.717, 1.165) is 29.8 Å². The molecular formula is C18H14F3N3O2. The molecule has 0 aliphatic carbocycles. The topological polar surface area (TPSA) is 68.0 Å². The first-order chi connectivity index (χ1) is 12.4. The molecule has 0 saturated carbocycles. The summed E-state index contributed by atoms with van der Waals surface area (Å²) in [4.78, 5) is 16.2. The van der Waals surface area contributed by atoms with E-state index in [-0.39, 0.29) is 12.1 Å². The van der Waals surface area contributed by atoms with Crippen molar-refractivity contribution >= 4 is 5.91 Å². The van der Waals surface area contributed by atoms with Crippen LogP contribution in [0.2, 0.25) is 0 Å². The van der Waals surface area contributed by atoms with Crippen LogP contribution in [0.5, 0.6) is 0 Å². The molecule has 26 heavy (non-hydrogen) atoms. The minimum absolute atomic E-state index is 0.147. The number of benzene rings is 2. The molecule has 0 atom stereocenters. The Labute approximate surface area is 146 Å². The molecule has 0 radical (unpaired) electrons. The lowest BCUT2D eigenvalue weighted by molar-refractivity contribution is -0.137. The van der Waals surface area contributed by atoms with Crippen molar-refractivity contribution in [2.24, 2.45) is 0 Å². The minimum atomic E-state index is -4.43. The van der Waals surface area contributed by atoms with E-state index in [4.69, 9.17) is 4.52 Å². The summed E-state index contributed by atoms with van der Waals surface area (Å²) in [7, 11) is 0. The molecular weight excluding hydrogens is 347 g/mol. The number of hydrogen-bond donors (Lipinski definition) is 1. The number of carbonyl (C=O) groups is 1. The van der Waals surface area contributed by atoms with Gasteiger partial charge in [0.2, 0.25) is 11.7 Å². The lowest BCUT2D eigenvalue weighted by Gasteiger charge is -2.07. The molecule has 0 saturated heterocycles. The van der Waals surface area contributed by atoms with E-state index in [1.807, 2.05) is 30.3 Å². The van der Waals surface area contributed by atoms with Crippen LogP contribution in [0.4, 0.5) is 13.2 Å². The molecule has 8 heteroatoms. The number of alkyl halides is 3. The van der Waals surface area contributed by atoms with Gasteiger partial charge in [-0.25, -0.2) is 0 Å². The van der Waals surface area contributed by atoms with Gasteiger partial charge in [-0.3, -0.25) is 4.79 Å². The van der Waals surface area contributed by atoms with E-state index >= 15 is 0 Å². The second kappa shape index (κ2) is 7.38. The van der Waals surface area contributed by atoms with Crippen LogP contribution in [0.1, 0.15) is 21.8 Å². The molecule has 3 rings (SSSR count). The molecule has 1 N–H and O–H groups in total. The highest BCUT2D eigenvalue weighted by atomic mass is 19.4. The van der Waals surface area contributed by atoms with E-state index in [9.17, 15) is 18.0 Å². The van der Waals surface area contributed by atoms with Crippen molar-refractivity contribution in [1.29, 1.82) is 0 Å². The van der Waals surface area contributed by atoms with E-state index in [0.29, 0.717) is 18.1 Å². The summed E-state index contributed by atoms with van der Waals surface area (Å²) in [5.41, 5.74) is 0.165. The van der Waals surface area contributed by atoms with Gasteiger partial charge >= 0.3 is 6.18 Å². The fourth-order valence-electron chi connectivity index (χ4n) is 2.26. The van der Waals surface area contributed by atoms with Gasteiger partial charge in [-0.2, -0.15) is 18.2 Å². The van der Waals surface area contributed by atoms with Crippen LogP contribution in [0, 0.1) is 0 Å². The van der Waals surface area contributed by atoms with Crippen LogP contribution in [0.3, 0.4) is 0 Å². The standard InChI is InChI=1S/C18H14F3N3O2/c19-18(20,21)14-8-6-13(7-9-14)17(25)22-11-10-15-23-16(24-26-15)12-4-2-1-3-5-12/h1-9H,10-11H2,(H,22,25). The Morgan fingerprint density at radius 3 is 2.38 bits per heavy atom. The van der Waals surface area contributed by atoms with E-state index in [2.05, 4.69) is 15.5 Å². The van der Waals surface area contributed by atoms with Gasteiger partial charge in [0.05, 0.1) is 5.56 Å².